The monoisotopic (exact) mass is 372 g/mol. The molecular weight excluding hydrogens is 340 g/mol. The van der Waals surface area contributed by atoms with Crippen molar-refractivity contribution < 1.29 is 14.3 Å². The number of nitrogens with zero attached hydrogens (tertiary/aromatic N) is 1. The Bertz CT molecular complexity index is 523. The van der Waals surface area contributed by atoms with E-state index in [0.29, 0.717) is 36.1 Å². The van der Waals surface area contributed by atoms with Crippen LogP contribution in [0.3, 0.4) is 0 Å². The van der Waals surface area contributed by atoms with Crippen molar-refractivity contribution in [3.8, 4) is 11.5 Å². The first-order valence-corrected chi connectivity index (χ1v) is 8.72. The van der Waals surface area contributed by atoms with E-state index in [9.17, 15) is 4.79 Å². The number of hydrogen-bond donors (Lipinski definition) is 1. The highest BCUT2D eigenvalue weighted by atomic mass is 35.5. The van der Waals surface area contributed by atoms with Gasteiger partial charge in [-0.25, -0.2) is 0 Å². The minimum absolute atomic E-state index is 0. The SMILES string of the molecule is CCCCOc1ccc(C(=O)N(C)CCC(N)C(C)C)cc1OC.Cl. The van der Waals surface area contributed by atoms with Crippen molar-refractivity contribution in [1.82, 2.24) is 4.90 Å². The number of ether oxygens (including phenoxy) is 2. The zero-order valence-electron chi connectivity index (χ0n) is 16.1. The first-order chi connectivity index (χ1) is 11.4. The van der Waals surface area contributed by atoms with E-state index in [4.69, 9.17) is 15.2 Å². The van der Waals surface area contributed by atoms with Gasteiger partial charge in [-0.15, -0.1) is 12.4 Å². The van der Waals surface area contributed by atoms with E-state index in [2.05, 4.69) is 20.8 Å². The molecule has 6 heteroatoms. The quantitative estimate of drug-likeness (QED) is 0.635. The summed E-state index contributed by atoms with van der Waals surface area (Å²) in [6, 6.07) is 5.42. The van der Waals surface area contributed by atoms with Gasteiger partial charge in [0.15, 0.2) is 11.5 Å². The number of carbonyl (C=O) groups excluding carboxylic acids is 1. The molecule has 0 spiro atoms. The molecule has 0 fully saturated rings. The molecule has 0 saturated carbocycles. The number of methoxy groups -OCH3 is 1. The van der Waals surface area contributed by atoms with Gasteiger partial charge in [-0.3, -0.25) is 4.79 Å². The fraction of sp³-hybridized carbons (Fsp3) is 0.632. The standard InChI is InChI=1S/C19H32N2O3.ClH/c1-6-7-12-24-17-9-8-15(13-18(17)23-5)19(22)21(4)11-10-16(20)14(2)3;/h8-9,13-14,16H,6-7,10-12,20H2,1-5H3;1H. The smallest absolute Gasteiger partial charge is 0.253 e. The fourth-order valence-electron chi connectivity index (χ4n) is 2.24. The number of rotatable bonds is 10. The van der Waals surface area contributed by atoms with E-state index >= 15 is 0 Å². The molecule has 1 aromatic rings. The Kier molecular flexibility index (Phi) is 11.3. The van der Waals surface area contributed by atoms with Crippen molar-refractivity contribution in [3.63, 3.8) is 0 Å². The maximum atomic E-state index is 12.6. The lowest BCUT2D eigenvalue weighted by Gasteiger charge is -2.22. The highest BCUT2D eigenvalue weighted by molar-refractivity contribution is 5.94. The summed E-state index contributed by atoms with van der Waals surface area (Å²) in [5.41, 5.74) is 6.65. The second-order valence-corrected chi connectivity index (χ2v) is 6.49. The number of hydrogen-bond acceptors (Lipinski definition) is 4. The summed E-state index contributed by atoms with van der Waals surface area (Å²) in [5.74, 6) is 1.63. The molecule has 0 radical (unpaired) electrons. The topological polar surface area (TPSA) is 64.8 Å². The van der Waals surface area contributed by atoms with Crippen LogP contribution in [0.1, 0.15) is 50.4 Å². The van der Waals surface area contributed by atoms with Gasteiger partial charge < -0.3 is 20.1 Å². The molecule has 0 bridgehead atoms. The van der Waals surface area contributed by atoms with Crippen molar-refractivity contribution >= 4 is 18.3 Å². The molecule has 1 unspecified atom stereocenters. The lowest BCUT2D eigenvalue weighted by atomic mass is 10.0. The maximum absolute atomic E-state index is 12.6. The molecule has 1 atom stereocenters. The van der Waals surface area contributed by atoms with Gasteiger partial charge in [-0.05, 0) is 37.0 Å². The first kappa shape index (κ1) is 23.5. The van der Waals surface area contributed by atoms with Gasteiger partial charge in [0.25, 0.3) is 5.91 Å². The zero-order valence-corrected chi connectivity index (χ0v) is 16.9. The van der Waals surface area contributed by atoms with Crippen molar-refractivity contribution in [1.29, 1.82) is 0 Å². The van der Waals surface area contributed by atoms with Crippen molar-refractivity contribution in [2.75, 3.05) is 27.3 Å². The van der Waals surface area contributed by atoms with Gasteiger partial charge in [0.05, 0.1) is 13.7 Å². The van der Waals surface area contributed by atoms with Crippen LogP contribution in [0.5, 0.6) is 11.5 Å². The molecule has 1 aromatic carbocycles. The highest BCUT2D eigenvalue weighted by Crippen LogP contribution is 2.28. The molecular formula is C19H33ClN2O3. The van der Waals surface area contributed by atoms with Gasteiger partial charge in [-0.1, -0.05) is 27.2 Å². The number of amides is 1. The molecule has 1 amide bonds. The average molecular weight is 373 g/mol. The lowest BCUT2D eigenvalue weighted by molar-refractivity contribution is 0.0788. The minimum atomic E-state index is -0.0376. The third kappa shape index (κ3) is 7.53. The van der Waals surface area contributed by atoms with Crippen LogP contribution in [-0.4, -0.2) is 44.2 Å². The summed E-state index contributed by atoms with van der Waals surface area (Å²) in [6.07, 6.45) is 2.85. The highest BCUT2D eigenvalue weighted by Gasteiger charge is 2.16. The summed E-state index contributed by atoms with van der Waals surface area (Å²) < 4.78 is 11.1. The summed E-state index contributed by atoms with van der Waals surface area (Å²) in [6.45, 7) is 7.58. The third-order valence-corrected chi connectivity index (χ3v) is 4.17. The Balaban J connectivity index is 0.00000576. The van der Waals surface area contributed by atoms with Crippen LogP contribution in [0.15, 0.2) is 18.2 Å². The fourth-order valence-corrected chi connectivity index (χ4v) is 2.24. The van der Waals surface area contributed by atoms with Crippen LogP contribution < -0.4 is 15.2 Å². The number of nitrogens with two attached hydrogens (primary N) is 1. The van der Waals surface area contributed by atoms with Gasteiger partial charge in [0.2, 0.25) is 0 Å². The molecule has 1 rings (SSSR count). The molecule has 0 aliphatic carbocycles. The van der Waals surface area contributed by atoms with Crippen LogP contribution in [0.4, 0.5) is 0 Å². The van der Waals surface area contributed by atoms with Gasteiger partial charge in [0, 0.05) is 25.2 Å². The Morgan fingerprint density at radius 3 is 2.52 bits per heavy atom. The van der Waals surface area contributed by atoms with Crippen LogP contribution >= 0.6 is 12.4 Å². The Morgan fingerprint density at radius 1 is 1.28 bits per heavy atom. The molecule has 0 heterocycles. The van der Waals surface area contributed by atoms with E-state index in [1.165, 1.54) is 0 Å². The summed E-state index contributed by atoms with van der Waals surface area (Å²) in [5, 5.41) is 0. The number of carbonyl (C=O) groups is 1. The van der Waals surface area contributed by atoms with Gasteiger partial charge in [-0.2, -0.15) is 0 Å². The Hall–Kier alpha value is -1.46. The van der Waals surface area contributed by atoms with Gasteiger partial charge >= 0.3 is 0 Å². The second kappa shape index (κ2) is 12.0. The molecule has 0 saturated heterocycles. The number of benzene rings is 1. The van der Waals surface area contributed by atoms with Crippen LogP contribution in [0.2, 0.25) is 0 Å². The van der Waals surface area contributed by atoms with Crippen molar-refractivity contribution in [2.24, 2.45) is 11.7 Å². The Morgan fingerprint density at radius 2 is 1.96 bits per heavy atom. The van der Waals surface area contributed by atoms with E-state index in [-0.39, 0.29) is 24.4 Å². The minimum Gasteiger partial charge on any atom is -0.493 e. The van der Waals surface area contributed by atoms with Crippen LogP contribution in [-0.2, 0) is 0 Å². The average Bonchev–Trinajstić information content (AvgIpc) is 2.58. The maximum Gasteiger partial charge on any atom is 0.253 e. The van der Waals surface area contributed by atoms with E-state index in [0.717, 1.165) is 19.3 Å². The predicted molar refractivity (Wildman–Crippen MR) is 105 cm³/mol. The normalized spacial score (nSPS) is 11.6. The first-order valence-electron chi connectivity index (χ1n) is 8.72. The summed E-state index contributed by atoms with van der Waals surface area (Å²) >= 11 is 0. The molecule has 0 aromatic heterocycles. The molecule has 0 aliphatic rings. The molecule has 2 N–H and O–H groups in total. The van der Waals surface area contributed by atoms with E-state index in [1.54, 1.807) is 37.3 Å². The molecule has 144 valence electrons. The zero-order chi connectivity index (χ0) is 18.1. The second-order valence-electron chi connectivity index (χ2n) is 6.49. The Labute approximate surface area is 158 Å². The van der Waals surface area contributed by atoms with Crippen LogP contribution in [0, 0.1) is 5.92 Å². The third-order valence-electron chi connectivity index (χ3n) is 4.17. The van der Waals surface area contributed by atoms with Crippen molar-refractivity contribution in [2.45, 2.75) is 46.1 Å². The largest absolute Gasteiger partial charge is 0.493 e. The number of unbranched alkanes of at least 4 members (excludes halogenated alkanes) is 1. The summed E-state index contributed by atoms with van der Waals surface area (Å²) in [4.78, 5) is 14.3. The number of halogens is 1. The lowest BCUT2D eigenvalue weighted by Crippen LogP contribution is -2.34. The molecule has 0 aliphatic heterocycles. The van der Waals surface area contributed by atoms with Crippen LogP contribution in [0.25, 0.3) is 0 Å². The van der Waals surface area contributed by atoms with Crippen molar-refractivity contribution in [3.05, 3.63) is 23.8 Å². The molecule has 25 heavy (non-hydrogen) atoms. The molecule has 5 nitrogen and oxygen atoms in total. The van der Waals surface area contributed by atoms with E-state index in [1.807, 2.05) is 0 Å². The predicted octanol–water partition coefficient (Wildman–Crippen LogP) is 3.74. The summed E-state index contributed by atoms with van der Waals surface area (Å²) in [7, 11) is 3.38. The van der Waals surface area contributed by atoms with Gasteiger partial charge in [0.1, 0.15) is 0 Å². The van der Waals surface area contributed by atoms with E-state index < -0.39 is 0 Å².